The molecule has 0 spiro atoms. The summed E-state index contributed by atoms with van der Waals surface area (Å²) in [6.45, 7) is 0. The Balaban J connectivity index is 2.25. The van der Waals surface area contributed by atoms with Crippen LogP contribution in [0, 0.1) is 0 Å². The number of nitrogens with two attached hydrogens (primary N) is 1. The van der Waals surface area contributed by atoms with Crippen molar-refractivity contribution in [3.05, 3.63) is 48.5 Å². The van der Waals surface area contributed by atoms with E-state index in [1.807, 2.05) is 30.5 Å². The van der Waals surface area contributed by atoms with E-state index in [-0.39, 0.29) is 4.90 Å². The monoisotopic (exact) mass is 295 g/mol. The first kappa shape index (κ1) is 13.9. The van der Waals surface area contributed by atoms with Crippen LogP contribution in [0.3, 0.4) is 0 Å². The van der Waals surface area contributed by atoms with Crippen LogP contribution in [0.2, 0.25) is 0 Å². The molecule has 0 unspecified atom stereocenters. The van der Waals surface area contributed by atoms with Gasteiger partial charge in [-0.05, 0) is 42.7 Å². The van der Waals surface area contributed by atoms with Gasteiger partial charge in [0.2, 0.25) is 10.0 Å². The van der Waals surface area contributed by atoms with Gasteiger partial charge in [-0.25, -0.2) is 13.6 Å². The number of para-hydroxylation sites is 1. The second kappa shape index (κ2) is 5.64. The van der Waals surface area contributed by atoms with Crippen molar-refractivity contribution in [3.63, 3.8) is 0 Å². The summed E-state index contributed by atoms with van der Waals surface area (Å²) in [4.78, 5) is 1.08. The maximum atomic E-state index is 11.1. The second-order valence-corrected chi connectivity index (χ2v) is 6.18. The zero-order valence-corrected chi connectivity index (χ0v) is 11.9. The molecule has 0 fully saturated rings. The maximum Gasteiger partial charge on any atom is 0.238 e. The molecule has 2 rings (SSSR count). The minimum absolute atomic E-state index is 0.0676. The molecule has 0 heterocycles. The van der Waals surface area contributed by atoms with E-state index in [0.717, 1.165) is 10.6 Å². The third-order valence-electron chi connectivity index (χ3n) is 2.45. The van der Waals surface area contributed by atoms with E-state index in [2.05, 4.69) is 0 Å². The number of thioether (sulfide) groups is 1. The van der Waals surface area contributed by atoms with Gasteiger partial charge >= 0.3 is 0 Å². The Morgan fingerprint density at radius 3 is 2.26 bits per heavy atom. The van der Waals surface area contributed by atoms with Crippen molar-refractivity contribution in [1.82, 2.24) is 0 Å². The Hall–Kier alpha value is -1.50. The molecule has 0 aliphatic heterocycles. The van der Waals surface area contributed by atoms with E-state index in [0.29, 0.717) is 5.75 Å². The summed E-state index contributed by atoms with van der Waals surface area (Å²) >= 11 is 1.58. The SMILES string of the molecule is CSc1ccccc1Oc1ccc(S(N)(=O)=O)cc1. The van der Waals surface area contributed by atoms with Gasteiger partial charge in [0.15, 0.2) is 0 Å². The molecule has 0 radical (unpaired) electrons. The first-order valence-corrected chi connectivity index (χ1v) is 8.21. The van der Waals surface area contributed by atoms with Crippen LogP contribution in [-0.4, -0.2) is 14.7 Å². The number of primary sulfonamides is 1. The van der Waals surface area contributed by atoms with Gasteiger partial charge in [-0.3, -0.25) is 0 Å². The van der Waals surface area contributed by atoms with Gasteiger partial charge in [0.05, 0.1) is 4.90 Å². The lowest BCUT2D eigenvalue weighted by atomic mass is 10.3. The molecule has 0 aromatic heterocycles. The molecule has 2 aromatic carbocycles. The molecular formula is C13H13NO3S2. The molecule has 2 aromatic rings. The molecule has 0 saturated heterocycles. The summed E-state index contributed by atoms with van der Waals surface area (Å²) in [5.74, 6) is 1.30. The number of hydrogen-bond donors (Lipinski definition) is 1. The van der Waals surface area contributed by atoms with Gasteiger partial charge < -0.3 is 4.74 Å². The van der Waals surface area contributed by atoms with Crippen LogP contribution in [0.1, 0.15) is 0 Å². The lowest BCUT2D eigenvalue weighted by Crippen LogP contribution is -2.11. The van der Waals surface area contributed by atoms with Crippen molar-refractivity contribution in [2.45, 2.75) is 9.79 Å². The van der Waals surface area contributed by atoms with Gasteiger partial charge in [-0.1, -0.05) is 12.1 Å². The fourth-order valence-electron chi connectivity index (χ4n) is 1.53. The summed E-state index contributed by atoms with van der Waals surface area (Å²) in [7, 11) is -3.66. The first-order chi connectivity index (χ1) is 9.00. The van der Waals surface area contributed by atoms with E-state index in [9.17, 15) is 8.42 Å². The lowest BCUT2D eigenvalue weighted by Gasteiger charge is -2.09. The average Bonchev–Trinajstić information content (AvgIpc) is 2.39. The normalized spacial score (nSPS) is 11.3. The number of sulfonamides is 1. The molecule has 0 aliphatic carbocycles. The van der Waals surface area contributed by atoms with Crippen molar-refractivity contribution >= 4 is 21.8 Å². The minimum atomic E-state index is -3.66. The first-order valence-electron chi connectivity index (χ1n) is 5.44. The van der Waals surface area contributed by atoms with Gasteiger partial charge in [0.25, 0.3) is 0 Å². The van der Waals surface area contributed by atoms with Crippen molar-refractivity contribution in [1.29, 1.82) is 0 Å². The topological polar surface area (TPSA) is 69.4 Å². The maximum absolute atomic E-state index is 11.1. The number of benzene rings is 2. The Morgan fingerprint density at radius 2 is 1.68 bits per heavy atom. The highest BCUT2D eigenvalue weighted by Crippen LogP contribution is 2.31. The fourth-order valence-corrected chi connectivity index (χ4v) is 2.57. The van der Waals surface area contributed by atoms with E-state index in [1.54, 1.807) is 23.9 Å². The molecular weight excluding hydrogens is 282 g/mol. The van der Waals surface area contributed by atoms with Crippen LogP contribution < -0.4 is 9.88 Å². The molecule has 0 amide bonds. The number of hydrogen-bond acceptors (Lipinski definition) is 4. The molecule has 6 heteroatoms. The van der Waals surface area contributed by atoms with Crippen LogP contribution in [0.15, 0.2) is 58.3 Å². The van der Waals surface area contributed by atoms with Gasteiger partial charge in [0, 0.05) is 4.90 Å². The van der Waals surface area contributed by atoms with Crippen molar-refractivity contribution in [2.75, 3.05) is 6.26 Å². The highest BCUT2D eigenvalue weighted by molar-refractivity contribution is 7.98. The van der Waals surface area contributed by atoms with Crippen LogP contribution >= 0.6 is 11.8 Å². The minimum Gasteiger partial charge on any atom is -0.456 e. The standard InChI is InChI=1S/C13H13NO3S2/c1-18-13-5-3-2-4-12(13)17-10-6-8-11(9-7-10)19(14,15)16/h2-9H,1H3,(H2,14,15,16). The summed E-state index contributed by atoms with van der Waals surface area (Å²) in [6.07, 6.45) is 1.96. The molecule has 0 bridgehead atoms. The van der Waals surface area contributed by atoms with E-state index in [4.69, 9.17) is 9.88 Å². The van der Waals surface area contributed by atoms with Crippen LogP contribution in [0.5, 0.6) is 11.5 Å². The summed E-state index contributed by atoms with van der Waals surface area (Å²) < 4.78 is 28.0. The van der Waals surface area contributed by atoms with Crippen molar-refractivity contribution in [3.8, 4) is 11.5 Å². The quantitative estimate of drug-likeness (QED) is 0.881. The van der Waals surface area contributed by atoms with E-state index >= 15 is 0 Å². The molecule has 100 valence electrons. The Bertz CT molecular complexity index is 667. The molecule has 4 nitrogen and oxygen atoms in total. The molecule has 0 atom stereocenters. The zero-order chi connectivity index (χ0) is 13.9. The summed E-state index contributed by atoms with van der Waals surface area (Å²) in [6, 6.07) is 13.6. The molecule has 19 heavy (non-hydrogen) atoms. The fraction of sp³-hybridized carbons (Fsp3) is 0.0769. The van der Waals surface area contributed by atoms with Crippen LogP contribution in [0.25, 0.3) is 0 Å². The second-order valence-electron chi connectivity index (χ2n) is 3.77. The third kappa shape index (κ3) is 3.50. The number of ether oxygens (including phenoxy) is 1. The summed E-state index contributed by atoms with van der Waals surface area (Å²) in [5, 5.41) is 5.03. The largest absolute Gasteiger partial charge is 0.456 e. The molecule has 2 N–H and O–H groups in total. The Kier molecular flexibility index (Phi) is 4.14. The zero-order valence-electron chi connectivity index (χ0n) is 10.2. The van der Waals surface area contributed by atoms with Crippen molar-refractivity contribution < 1.29 is 13.2 Å². The predicted molar refractivity (Wildman–Crippen MR) is 76.1 cm³/mol. The average molecular weight is 295 g/mol. The highest BCUT2D eigenvalue weighted by atomic mass is 32.2. The smallest absolute Gasteiger partial charge is 0.238 e. The van der Waals surface area contributed by atoms with Gasteiger partial charge in [-0.15, -0.1) is 11.8 Å². The third-order valence-corrected chi connectivity index (χ3v) is 4.16. The van der Waals surface area contributed by atoms with Crippen molar-refractivity contribution in [2.24, 2.45) is 5.14 Å². The van der Waals surface area contributed by atoms with E-state index < -0.39 is 10.0 Å². The number of rotatable bonds is 4. The van der Waals surface area contributed by atoms with Crippen LogP contribution in [-0.2, 0) is 10.0 Å². The Labute approximate surface area is 116 Å². The van der Waals surface area contributed by atoms with E-state index in [1.165, 1.54) is 12.1 Å². The molecule has 0 aliphatic rings. The summed E-state index contributed by atoms with van der Waals surface area (Å²) in [5.41, 5.74) is 0. The van der Waals surface area contributed by atoms with Gasteiger partial charge in [0.1, 0.15) is 11.5 Å². The highest BCUT2D eigenvalue weighted by Gasteiger charge is 2.08. The van der Waals surface area contributed by atoms with Gasteiger partial charge in [-0.2, -0.15) is 0 Å². The molecule has 0 saturated carbocycles. The Morgan fingerprint density at radius 1 is 1.05 bits per heavy atom. The predicted octanol–water partition coefficient (Wildman–Crippen LogP) is 2.85. The van der Waals surface area contributed by atoms with Crippen LogP contribution in [0.4, 0.5) is 0 Å². The lowest BCUT2D eigenvalue weighted by molar-refractivity contribution is 0.470.